The zero-order chi connectivity index (χ0) is 22.0. The molecule has 0 aliphatic carbocycles. The number of hydrogen-bond acceptors (Lipinski definition) is 7. The highest BCUT2D eigenvalue weighted by Crippen LogP contribution is 2.41. The van der Waals surface area contributed by atoms with Gasteiger partial charge in [0.05, 0.1) is 35.7 Å². The van der Waals surface area contributed by atoms with Crippen molar-refractivity contribution in [3.05, 3.63) is 65.3 Å². The van der Waals surface area contributed by atoms with Crippen LogP contribution in [0.25, 0.3) is 22.6 Å². The number of rotatable bonds is 0. The number of hydrogen-bond donors (Lipinski definition) is 2. The number of nitriles is 1. The smallest absolute Gasteiger partial charge is 0.163 e. The molecule has 0 saturated heterocycles. The normalized spacial score (nSPS) is 18.4. The maximum Gasteiger partial charge on any atom is 0.163 e. The minimum Gasteiger partial charge on any atom is -0.325 e. The second-order valence-corrected chi connectivity index (χ2v) is 8.04. The number of aromatic nitrogens is 6. The number of fused-ring (bicyclic) bond motifs is 6. The summed E-state index contributed by atoms with van der Waals surface area (Å²) in [4.78, 5) is 14.0. The van der Waals surface area contributed by atoms with Crippen molar-refractivity contribution < 1.29 is 4.39 Å². The van der Waals surface area contributed by atoms with Crippen molar-refractivity contribution in [1.82, 2.24) is 34.7 Å². The lowest BCUT2D eigenvalue weighted by molar-refractivity contribution is 0.517. The predicted octanol–water partition coefficient (Wildman–Crippen LogP) is 2.89. The van der Waals surface area contributed by atoms with Crippen molar-refractivity contribution >= 4 is 5.82 Å². The van der Waals surface area contributed by atoms with E-state index in [1.54, 1.807) is 36.3 Å². The van der Waals surface area contributed by atoms with Crippen molar-refractivity contribution in [2.45, 2.75) is 25.4 Å². The Kier molecular flexibility index (Phi) is 3.90. The van der Waals surface area contributed by atoms with E-state index >= 15 is 0 Å². The molecule has 4 aromatic rings. The van der Waals surface area contributed by atoms with Gasteiger partial charge in [-0.05, 0) is 23.8 Å². The van der Waals surface area contributed by atoms with Crippen LogP contribution in [0.1, 0.15) is 41.5 Å². The highest BCUT2D eigenvalue weighted by atomic mass is 19.1. The van der Waals surface area contributed by atoms with Crippen LogP contribution in [0, 0.1) is 17.1 Å². The first-order valence-corrected chi connectivity index (χ1v) is 10.2. The molecule has 9 nitrogen and oxygen atoms in total. The van der Waals surface area contributed by atoms with Crippen LogP contribution >= 0.6 is 0 Å². The SMILES string of the molecule is C[C@@H]1c2cc(F)ccc2-c2nccn2Cc2nn(C)c(C#N)c2-c2cnc3c(n2)C1NN3. The molecule has 0 fully saturated rings. The van der Waals surface area contributed by atoms with Crippen molar-refractivity contribution in [3.8, 4) is 28.7 Å². The maximum atomic E-state index is 14.3. The first kappa shape index (κ1) is 18.7. The Hall–Kier alpha value is -4.10. The monoisotopic (exact) mass is 427 g/mol. The first-order valence-electron chi connectivity index (χ1n) is 10.2. The van der Waals surface area contributed by atoms with E-state index in [2.05, 4.69) is 32.0 Å². The third-order valence-corrected chi connectivity index (χ3v) is 6.20. The Bertz CT molecular complexity index is 1430. The molecule has 1 unspecified atom stereocenters. The number of nitrogens with one attached hydrogen (secondary N) is 2. The Morgan fingerprint density at radius 3 is 3.00 bits per heavy atom. The molecule has 2 N–H and O–H groups in total. The number of anilines is 1. The third-order valence-electron chi connectivity index (χ3n) is 6.20. The standard InChI is InChI=1S/C22H18FN9/c1-11-14-7-12(23)3-4-13(14)22-25-5-6-32(22)10-16-18(17(8-24)31(2)30-16)15-9-26-21-20(27-15)19(11)28-29-21/h3-7,9,11,19,28H,10H2,1-2H3,(H,26,29)/t11-,19?/m1/s1. The molecular formula is C22H18FN9. The van der Waals surface area contributed by atoms with Gasteiger partial charge in [-0.1, -0.05) is 6.92 Å². The van der Waals surface area contributed by atoms with Crippen LogP contribution in [-0.2, 0) is 13.6 Å². The molecule has 0 amide bonds. The Morgan fingerprint density at radius 1 is 1.28 bits per heavy atom. The third kappa shape index (κ3) is 2.58. The molecule has 10 heteroatoms. The zero-order valence-corrected chi connectivity index (χ0v) is 17.3. The average Bonchev–Trinajstić information content (AvgIpc) is 3.49. The molecule has 158 valence electrons. The molecule has 1 aromatic carbocycles. The Balaban J connectivity index is 1.69. The number of aryl methyl sites for hydroxylation is 1. The average molecular weight is 427 g/mol. The highest BCUT2D eigenvalue weighted by Gasteiger charge is 2.34. The van der Waals surface area contributed by atoms with E-state index in [0.29, 0.717) is 46.5 Å². The minimum atomic E-state index is -0.308. The number of nitrogens with zero attached hydrogens (tertiary/aromatic N) is 7. The van der Waals surface area contributed by atoms with Crippen molar-refractivity contribution in [2.24, 2.45) is 7.05 Å². The lowest BCUT2D eigenvalue weighted by Crippen LogP contribution is -2.24. The minimum absolute atomic E-state index is 0.146. The molecule has 0 saturated carbocycles. The van der Waals surface area contributed by atoms with Crippen LogP contribution in [0.3, 0.4) is 0 Å². The quantitative estimate of drug-likeness (QED) is 0.444. The number of benzene rings is 1. The topological polar surface area (TPSA) is 109 Å². The summed E-state index contributed by atoms with van der Waals surface area (Å²) in [6.07, 6.45) is 5.23. The Morgan fingerprint density at radius 2 is 2.16 bits per heavy atom. The van der Waals surface area contributed by atoms with Gasteiger partial charge in [0, 0.05) is 30.9 Å². The van der Waals surface area contributed by atoms with Gasteiger partial charge >= 0.3 is 0 Å². The second-order valence-electron chi connectivity index (χ2n) is 8.04. The van der Waals surface area contributed by atoms with Crippen LogP contribution in [0.4, 0.5) is 10.2 Å². The number of hydrazine groups is 1. The molecule has 0 radical (unpaired) electrons. The van der Waals surface area contributed by atoms with Crippen LogP contribution in [0.5, 0.6) is 0 Å². The van der Waals surface area contributed by atoms with Crippen LogP contribution in [-0.4, -0.2) is 29.3 Å². The van der Waals surface area contributed by atoms with Crippen LogP contribution < -0.4 is 10.9 Å². The molecule has 3 aromatic heterocycles. The van der Waals surface area contributed by atoms with Gasteiger partial charge in [-0.3, -0.25) is 4.68 Å². The lowest BCUT2D eigenvalue weighted by Gasteiger charge is -2.23. The van der Waals surface area contributed by atoms with Gasteiger partial charge < -0.3 is 9.99 Å². The van der Waals surface area contributed by atoms with Crippen molar-refractivity contribution in [3.63, 3.8) is 0 Å². The van der Waals surface area contributed by atoms with Crippen molar-refractivity contribution in [1.29, 1.82) is 5.26 Å². The van der Waals surface area contributed by atoms with E-state index in [1.165, 1.54) is 6.07 Å². The lowest BCUT2D eigenvalue weighted by atomic mass is 9.88. The summed E-state index contributed by atoms with van der Waals surface area (Å²) in [6.45, 7) is 2.40. The number of halogens is 1. The largest absolute Gasteiger partial charge is 0.325 e. The van der Waals surface area contributed by atoms with Gasteiger partial charge in [-0.15, -0.1) is 0 Å². The van der Waals surface area contributed by atoms with E-state index < -0.39 is 0 Å². The molecule has 5 heterocycles. The highest BCUT2D eigenvalue weighted by molar-refractivity contribution is 5.70. The summed E-state index contributed by atoms with van der Waals surface area (Å²) in [5.41, 5.74) is 11.0. The van der Waals surface area contributed by atoms with Crippen molar-refractivity contribution in [2.75, 3.05) is 5.43 Å². The summed E-state index contributed by atoms with van der Waals surface area (Å²) in [5, 5.41) is 14.4. The molecular weight excluding hydrogens is 409 g/mol. The van der Waals surface area contributed by atoms with Gasteiger partial charge in [0.15, 0.2) is 5.82 Å². The van der Waals surface area contributed by atoms with Gasteiger partial charge in [-0.2, -0.15) is 10.4 Å². The summed E-state index contributed by atoms with van der Waals surface area (Å²) in [7, 11) is 1.74. The summed E-state index contributed by atoms with van der Waals surface area (Å²) in [5.74, 6) is 0.874. The number of imidazole rings is 1. The summed E-state index contributed by atoms with van der Waals surface area (Å²) < 4.78 is 17.9. The molecule has 2 aliphatic heterocycles. The first-order chi connectivity index (χ1) is 15.5. The fourth-order valence-corrected chi connectivity index (χ4v) is 4.64. The molecule has 2 aliphatic rings. The zero-order valence-electron chi connectivity index (χ0n) is 17.3. The van der Waals surface area contributed by atoms with Gasteiger partial charge in [-0.25, -0.2) is 24.8 Å². The maximum absolute atomic E-state index is 14.3. The van der Waals surface area contributed by atoms with E-state index in [9.17, 15) is 9.65 Å². The Labute approximate surface area is 182 Å². The van der Waals surface area contributed by atoms with Crippen LogP contribution in [0.15, 0.2) is 36.8 Å². The molecule has 32 heavy (non-hydrogen) atoms. The van der Waals surface area contributed by atoms with E-state index in [-0.39, 0.29) is 17.8 Å². The van der Waals surface area contributed by atoms with E-state index in [0.717, 1.165) is 11.1 Å². The molecule has 2 atom stereocenters. The fourth-order valence-electron chi connectivity index (χ4n) is 4.64. The molecule has 0 spiro atoms. The van der Waals surface area contributed by atoms with E-state index in [4.69, 9.17) is 4.98 Å². The van der Waals surface area contributed by atoms with E-state index in [1.807, 2.05) is 17.7 Å². The van der Waals surface area contributed by atoms with Gasteiger partial charge in [0.2, 0.25) is 0 Å². The second kappa shape index (κ2) is 6.70. The van der Waals surface area contributed by atoms with Crippen LogP contribution in [0.2, 0.25) is 0 Å². The predicted molar refractivity (Wildman–Crippen MR) is 114 cm³/mol. The summed E-state index contributed by atoms with van der Waals surface area (Å²) in [6, 6.07) is 6.76. The fraction of sp³-hybridized carbons (Fsp3) is 0.227. The molecule has 6 rings (SSSR count). The summed E-state index contributed by atoms with van der Waals surface area (Å²) >= 11 is 0. The van der Waals surface area contributed by atoms with Gasteiger partial charge in [0.1, 0.15) is 29.1 Å². The molecule has 2 bridgehead atoms. The van der Waals surface area contributed by atoms with Gasteiger partial charge in [0.25, 0.3) is 0 Å².